The van der Waals surface area contributed by atoms with Gasteiger partial charge in [0.05, 0.1) is 18.5 Å². The summed E-state index contributed by atoms with van der Waals surface area (Å²) in [6.45, 7) is 7.33. The highest BCUT2D eigenvalue weighted by molar-refractivity contribution is 14.0. The first-order valence-electron chi connectivity index (χ1n) is 9.29. The molecular weight excluding hydrogens is 485 g/mol. The van der Waals surface area contributed by atoms with Gasteiger partial charge in [-0.05, 0) is 49.9 Å². The molecule has 6 nitrogen and oxygen atoms in total. The number of aryl methyl sites for hydroxylation is 3. The van der Waals surface area contributed by atoms with Gasteiger partial charge in [0.2, 0.25) is 0 Å². The Kier molecular flexibility index (Phi) is 9.56. The first kappa shape index (κ1) is 22.5. The van der Waals surface area contributed by atoms with Crippen LogP contribution >= 0.6 is 35.3 Å². The standard InChI is InChI=1S/C20H27N5OS.HI/c1-16-14-17(2)25(24-16)11-5-9-21-20(23-15-19-7-4-13-27-19)22-10-8-18-6-3-12-26-18;/h3-4,6-7,12-14H,5,8-11,15H2,1-2H3,(H2,21,22,23);1H. The molecule has 0 saturated carbocycles. The van der Waals surface area contributed by atoms with Gasteiger partial charge in [0.15, 0.2) is 5.96 Å². The zero-order valence-electron chi connectivity index (χ0n) is 16.4. The van der Waals surface area contributed by atoms with E-state index in [0.717, 1.165) is 49.9 Å². The van der Waals surface area contributed by atoms with E-state index in [9.17, 15) is 0 Å². The lowest BCUT2D eigenvalue weighted by Crippen LogP contribution is -2.39. The predicted octanol–water partition coefficient (Wildman–Crippen LogP) is 4.14. The number of nitrogens with zero attached hydrogens (tertiary/aromatic N) is 3. The van der Waals surface area contributed by atoms with E-state index < -0.39 is 0 Å². The van der Waals surface area contributed by atoms with Crippen LogP contribution in [0.15, 0.2) is 51.4 Å². The summed E-state index contributed by atoms with van der Waals surface area (Å²) in [6, 6.07) is 10.2. The van der Waals surface area contributed by atoms with E-state index in [2.05, 4.69) is 50.9 Å². The van der Waals surface area contributed by atoms with Crippen molar-refractivity contribution < 1.29 is 4.42 Å². The topological polar surface area (TPSA) is 67.4 Å². The Morgan fingerprint density at radius 3 is 2.75 bits per heavy atom. The molecule has 0 aliphatic carbocycles. The molecule has 2 N–H and O–H groups in total. The van der Waals surface area contributed by atoms with Gasteiger partial charge in [-0.1, -0.05) is 6.07 Å². The number of aromatic nitrogens is 2. The summed E-state index contributed by atoms with van der Waals surface area (Å²) in [7, 11) is 0. The van der Waals surface area contributed by atoms with E-state index in [4.69, 9.17) is 9.41 Å². The lowest BCUT2D eigenvalue weighted by molar-refractivity contribution is 0.506. The van der Waals surface area contributed by atoms with Gasteiger partial charge in [0.1, 0.15) is 5.76 Å². The number of thiophene rings is 1. The molecule has 28 heavy (non-hydrogen) atoms. The zero-order chi connectivity index (χ0) is 18.9. The molecule has 0 aliphatic heterocycles. The molecule has 0 radical (unpaired) electrons. The van der Waals surface area contributed by atoms with Crippen molar-refractivity contribution in [3.63, 3.8) is 0 Å². The fraction of sp³-hybridized carbons (Fsp3) is 0.400. The molecule has 0 amide bonds. The molecule has 0 fully saturated rings. The molecule has 0 atom stereocenters. The van der Waals surface area contributed by atoms with Gasteiger partial charge in [-0.15, -0.1) is 35.3 Å². The van der Waals surface area contributed by atoms with Crippen molar-refractivity contribution in [2.75, 3.05) is 13.1 Å². The molecule has 0 aliphatic rings. The van der Waals surface area contributed by atoms with Crippen LogP contribution in [0.5, 0.6) is 0 Å². The minimum Gasteiger partial charge on any atom is -0.469 e. The van der Waals surface area contributed by atoms with Crippen LogP contribution in [0.2, 0.25) is 0 Å². The summed E-state index contributed by atoms with van der Waals surface area (Å²) in [6.07, 6.45) is 3.52. The van der Waals surface area contributed by atoms with E-state index in [0.29, 0.717) is 6.54 Å². The monoisotopic (exact) mass is 513 g/mol. The third-order valence-corrected chi connectivity index (χ3v) is 5.02. The van der Waals surface area contributed by atoms with Crippen LogP contribution in [0.4, 0.5) is 0 Å². The SMILES string of the molecule is Cc1cc(C)n(CCCNC(=NCc2cccs2)NCCc2ccco2)n1.I. The highest BCUT2D eigenvalue weighted by atomic mass is 127. The molecule has 0 aromatic carbocycles. The quantitative estimate of drug-likeness (QED) is 0.195. The van der Waals surface area contributed by atoms with E-state index in [1.54, 1.807) is 17.6 Å². The van der Waals surface area contributed by atoms with Crippen LogP contribution in [0.3, 0.4) is 0 Å². The highest BCUT2D eigenvalue weighted by Gasteiger charge is 2.03. The minimum atomic E-state index is 0. The Morgan fingerprint density at radius 2 is 2.07 bits per heavy atom. The number of furan rings is 1. The smallest absolute Gasteiger partial charge is 0.191 e. The summed E-state index contributed by atoms with van der Waals surface area (Å²) in [4.78, 5) is 5.96. The van der Waals surface area contributed by atoms with E-state index in [-0.39, 0.29) is 24.0 Å². The van der Waals surface area contributed by atoms with Crippen molar-refractivity contribution in [1.29, 1.82) is 0 Å². The molecule has 0 spiro atoms. The lowest BCUT2D eigenvalue weighted by atomic mass is 10.3. The average Bonchev–Trinajstić information content (AvgIpc) is 3.39. The molecule has 8 heteroatoms. The highest BCUT2D eigenvalue weighted by Crippen LogP contribution is 2.09. The second-order valence-corrected chi connectivity index (χ2v) is 7.46. The third kappa shape index (κ3) is 7.31. The van der Waals surface area contributed by atoms with Crippen molar-refractivity contribution >= 4 is 41.3 Å². The minimum absolute atomic E-state index is 0. The maximum atomic E-state index is 5.39. The second-order valence-electron chi connectivity index (χ2n) is 6.43. The normalized spacial score (nSPS) is 11.3. The van der Waals surface area contributed by atoms with Gasteiger partial charge in [0.25, 0.3) is 0 Å². The third-order valence-electron chi connectivity index (χ3n) is 4.16. The molecule has 3 rings (SSSR count). The summed E-state index contributed by atoms with van der Waals surface area (Å²) in [5, 5.41) is 13.4. The number of guanidine groups is 1. The number of nitrogens with one attached hydrogen (secondary N) is 2. The molecule has 0 unspecified atom stereocenters. The second kappa shape index (κ2) is 11.9. The van der Waals surface area contributed by atoms with Crippen LogP contribution in [-0.2, 0) is 19.5 Å². The van der Waals surface area contributed by atoms with Crippen molar-refractivity contribution in [3.8, 4) is 0 Å². The van der Waals surface area contributed by atoms with Gasteiger partial charge < -0.3 is 15.1 Å². The summed E-state index contributed by atoms with van der Waals surface area (Å²) >= 11 is 1.73. The van der Waals surface area contributed by atoms with Gasteiger partial charge in [-0.25, -0.2) is 4.99 Å². The number of hydrogen-bond donors (Lipinski definition) is 2. The summed E-state index contributed by atoms with van der Waals surface area (Å²) in [5.74, 6) is 1.81. The number of halogens is 1. The van der Waals surface area contributed by atoms with Crippen molar-refractivity contribution in [3.05, 3.63) is 64.0 Å². The zero-order valence-corrected chi connectivity index (χ0v) is 19.5. The molecule has 0 saturated heterocycles. The Hall–Kier alpha value is -1.81. The summed E-state index contributed by atoms with van der Waals surface area (Å²) < 4.78 is 7.45. The van der Waals surface area contributed by atoms with Gasteiger partial charge in [-0.2, -0.15) is 5.10 Å². The van der Waals surface area contributed by atoms with E-state index >= 15 is 0 Å². The first-order chi connectivity index (χ1) is 13.2. The molecule has 3 aromatic rings. The predicted molar refractivity (Wildman–Crippen MR) is 126 cm³/mol. The molecule has 3 heterocycles. The van der Waals surface area contributed by atoms with Crippen LogP contribution in [0.25, 0.3) is 0 Å². The fourth-order valence-corrected chi connectivity index (χ4v) is 3.46. The maximum absolute atomic E-state index is 5.39. The summed E-state index contributed by atoms with van der Waals surface area (Å²) in [5.41, 5.74) is 2.27. The van der Waals surface area contributed by atoms with E-state index in [1.165, 1.54) is 10.6 Å². The largest absolute Gasteiger partial charge is 0.469 e. The van der Waals surface area contributed by atoms with Crippen LogP contribution in [0.1, 0.15) is 28.4 Å². The molecule has 0 bridgehead atoms. The first-order valence-corrected chi connectivity index (χ1v) is 10.2. The van der Waals surface area contributed by atoms with Crippen molar-refractivity contribution in [2.24, 2.45) is 4.99 Å². The number of aliphatic imine (C=N–C) groups is 1. The molecule has 3 aromatic heterocycles. The number of hydrogen-bond acceptors (Lipinski definition) is 4. The molecular formula is C20H28IN5OS. The fourth-order valence-electron chi connectivity index (χ4n) is 2.83. The Morgan fingerprint density at radius 1 is 1.21 bits per heavy atom. The van der Waals surface area contributed by atoms with Gasteiger partial charge in [0, 0.05) is 36.6 Å². The number of rotatable bonds is 9. The van der Waals surface area contributed by atoms with Crippen molar-refractivity contribution in [1.82, 2.24) is 20.4 Å². The maximum Gasteiger partial charge on any atom is 0.191 e. The lowest BCUT2D eigenvalue weighted by Gasteiger charge is -2.12. The van der Waals surface area contributed by atoms with Gasteiger partial charge in [-0.3, -0.25) is 4.68 Å². The van der Waals surface area contributed by atoms with Gasteiger partial charge >= 0.3 is 0 Å². The molecule has 152 valence electrons. The Labute approximate surface area is 187 Å². The van der Waals surface area contributed by atoms with Crippen LogP contribution < -0.4 is 10.6 Å². The van der Waals surface area contributed by atoms with E-state index in [1.807, 2.05) is 19.1 Å². The average molecular weight is 513 g/mol. The van der Waals surface area contributed by atoms with Crippen LogP contribution in [-0.4, -0.2) is 28.8 Å². The van der Waals surface area contributed by atoms with Crippen LogP contribution in [0, 0.1) is 13.8 Å². The Balaban J connectivity index is 0.00000280. The van der Waals surface area contributed by atoms with Crippen molar-refractivity contribution in [2.45, 2.75) is 39.8 Å². The Bertz CT molecular complexity index is 827.